The first-order valence-corrected chi connectivity index (χ1v) is 8.56. The molecule has 26 heavy (non-hydrogen) atoms. The summed E-state index contributed by atoms with van der Waals surface area (Å²) in [6.45, 7) is 2.11. The van der Waals surface area contributed by atoms with Gasteiger partial charge in [0.1, 0.15) is 0 Å². The van der Waals surface area contributed by atoms with E-state index in [9.17, 15) is 9.59 Å². The fourth-order valence-electron chi connectivity index (χ4n) is 2.69. The summed E-state index contributed by atoms with van der Waals surface area (Å²) in [6.07, 6.45) is 1.17. The summed E-state index contributed by atoms with van der Waals surface area (Å²) >= 11 is 6.19. The molecule has 0 aliphatic carbocycles. The van der Waals surface area contributed by atoms with Crippen molar-refractivity contribution < 1.29 is 19.1 Å². The van der Waals surface area contributed by atoms with Crippen molar-refractivity contribution >= 4 is 41.5 Å². The quantitative estimate of drug-likeness (QED) is 0.600. The number of amides is 2. The van der Waals surface area contributed by atoms with Crippen LogP contribution in [-0.4, -0.2) is 51.8 Å². The molecule has 0 atom stereocenters. The summed E-state index contributed by atoms with van der Waals surface area (Å²) in [4.78, 5) is 24.7. The molecular weight excluding hydrogens is 381 g/mol. The molecule has 2 rings (SSSR count). The molecule has 0 unspecified atom stereocenters. The highest BCUT2D eigenvalue weighted by Crippen LogP contribution is 2.31. The minimum atomic E-state index is -0.624. The fourth-order valence-corrected chi connectivity index (χ4v) is 2.95. The van der Waals surface area contributed by atoms with Crippen LogP contribution >= 0.6 is 24.0 Å². The first-order valence-electron chi connectivity index (χ1n) is 8.18. The van der Waals surface area contributed by atoms with Gasteiger partial charge in [0.2, 0.25) is 5.91 Å². The average molecular weight is 406 g/mol. The topological polar surface area (TPSA) is 103 Å². The van der Waals surface area contributed by atoms with E-state index in [0.717, 1.165) is 0 Å². The number of ether oxygens (including phenoxy) is 2. The Kier molecular flexibility index (Phi) is 9.32. The molecule has 9 heteroatoms. The Balaban J connectivity index is 0.00000338. The summed E-state index contributed by atoms with van der Waals surface area (Å²) in [5.74, 6) is -0.436. The zero-order chi connectivity index (χ0) is 18.3. The van der Waals surface area contributed by atoms with Crippen molar-refractivity contribution in [1.29, 1.82) is 0 Å². The molecule has 0 saturated carbocycles. The number of benzene rings is 1. The Morgan fingerprint density at radius 2 is 2.04 bits per heavy atom. The van der Waals surface area contributed by atoms with Gasteiger partial charge in [-0.25, -0.2) is 0 Å². The van der Waals surface area contributed by atoms with Crippen LogP contribution in [0.3, 0.4) is 0 Å². The van der Waals surface area contributed by atoms with Crippen LogP contribution in [0.25, 0.3) is 0 Å². The van der Waals surface area contributed by atoms with Crippen LogP contribution in [0.5, 0.6) is 0 Å². The van der Waals surface area contributed by atoms with E-state index >= 15 is 0 Å². The SMILES string of the molecule is COCCNC(=O)c1ccc(NC(=O)C2(CN)CCOCC2)cc1Cl.Cl. The average Bonchev–Trinajstić information content (AvgIpc) is 2.62. The first kappa shape index (κ1) is 22.7. The van der Waals surface area contributed by atoms with Gasteiger partial charge in [-0.2, -0.15) is 0 Å². The molecule has 4 N–H and O–H groups in total. The number of hydrogen-bond donors (Lipinski definition) is 3. The molecule has 1 saturated heterocycles. The predicted octanol–water partition coefficient (Wildman–Crippen LogP) is 1.83. The van der Waals surface area contributed by atoms with Gasteiger partial charge in [0.15, 0.2) is 0 Å². The Morgan fingerprint density at radius 3 is 2.62 bits per heavy atom. The molecule has 1 aliphatic heterocycles. The van der Waals surface area contributed by atoms with Gasteiger partial charge < -0.3 is 25.8 Å². The van der Waals surface area contributed by atoms with E-state index in [2.05, 4.69) is 10.6 Å². The minimum absolute atomic E-state index is 0. The van der Waals surface area contributed by atoms with Gasteiger partial charge in [0, 0.05) is 39.1 Å². The number of methoxy groups -OCH3 is 1. The van der Waals surface area contributed by atoms with Crippen molar-refractivity contribution in [3.63, 3.8) is 0 Å². The number of hydrogen-bond acceptors (Lipinski definition) is 5. The van der Waals surface area contributed by atoms with E-state index in [1.165, 1.54) is 0 Å². The highest BCUT2D eigenvalue weighted by atomic mass is 35.5. The number of carbonyl (C=O) groups is 2. The number of anilines is 1. The lowest BCUT2D eigenvalue weighted by Crippen LogP contribution is -2.46. The van der Waals surface area contributed by atoms with Gasteiger partial charge >= 0.3 is 0 Å². The monoisotopic (exact) mass is 405 g/mol. The number of halogens is 2. The van der Waals surface area contributed by atoms with Crippen molar-refractivity contribution in [2.45, 2.75) is 12.8 Å². The number of rotatable bonds is 7. The Bertz CT molecular complexity index is 622. The fraction of sp³-hybridized carbons (Fsp3) is 0.529. The smallest absolute Gasteiger partial charge is 0.252 e. The summed E-state index contributed by atoms with van der Waals surface area (Å²) < 4.78 is 10.2. The molecule has 0 bridgehead atoms. The maximum Gasteiger partial charge on any atom is 0.252 e. The van der Waals surface area contributed by atoms with Gasteiger partial charge in [-0.3, -0.25) is 9.59 Å². The van der Waals surface area contributed by atoms with Crippen LogP contribution in [0.4, 0.5) is 5.69 Å². The van der Waals surface area contributed by atoms with E-state index in [4.69, 9.17) is 26.8 Å². The molecule has 0 radical (unpaired) electrons. The highest BCUT2D eigenvalue weighted by molar-refractivity contribution is 6.34. The lowest BCUT2D eigenvalue weighted by molar-refractivity contribution is -0.130. The molecule has 0 aromatic heterocycles. The minimum Gasteiger partial charge on any atom is -0.383 e. The van der Waals surface area contributed by atoms with E-state index in [-0.39, 0.29) is 35.8 Å². The number of carbonyl (C=O) groups excluding carboxylic acids is 2. The lowest BCUT2D eigenvalue weighted by Gasteiger charge is -2.34. The van der Waals surface area contributed by atoms with Gasteiger partial charge in [-0.05, 0) is 31.0 Å². The van der Waals surface area contributed by atoms with Crippen molar-refractivity contribution in [1.82, 2.24) is 5.32 Å². The molecule has 1 fully saturated rings. The van der Waals surface area contributed by atoms with Crippen LogP contribution in [0, 0.1) is 5.41 Å². The molecule has 1 heterocycles. The lowest BCUT2D eigenvalue weighted by atomic mass is 9.79. The summed E-state index contributed by atoms with van der Waals surface area (Å²) in [6, 6.07) is 4.80. The molecule has 146 valence electrons. The van der Waals surface area contributed by atoms with Crippen LogP contribution in [0.15, 0.2) is 18.2 Å². The van der Waals surface area contributed by atoms with Crippen LogP contribution in [0.2, 0.25) is 5.02 Å². The summed E-state index contributed by atoms with van der Waals surface area (Å²) in [5.41, 5.74) is 6.09. The molecule has 2 amide bonds. The Labute approximate surface area is 164 Å². The zero-order valence-corrected chi connectivity index (χ0v) is 16.3. The third-order valence-corrected chi connectivity index (χ3v) is 4.70. The molecule has 7 nitrogen and oxygen atoms in total. The number of nitrogens with one attached hydrogen (secondary N) is 2. The standard InChI is InChI=1S/C17H24ClN3O4.ClH/c1-24-9-6-20-15(22)13-3-2-12(10-14(13)18)21-16(23)17(11-19)4-7-25-8-5-17;/h2-3,10H,4-9,11,19H2,1H3,(H,20,22)(H,21,23);1H. The first-order chi connectivity index (χ1) is 12.0. The van der Waals surface area contributed by atoms with Gasteiger partial charge in [0.25, 0.3) is 5.91 Å². The van der Waals surface area contributed by atoms with Crippen molar-refractivity contribution in [2.24, 2.45) is 11.1 Å². The Morgan fingerprint density at radius 1 is 1.35 bits per heavy atom. The highest BCUT2D eigenvalue weighted by Gasteiger charge is 2.38. The molecular formula is C17H25Cl2N3O4. The van der Waals surface area contributed by atoms with E-state index in [1.807, 2.05) is 0 Å². The van der Waals surface area contributed by atoms with Crippen molar-refractivity contribution in [2.75, 3.05) is 45.3 Å². The van der Waals surface area contributed by atoms with Crippen LogP contribution in [0.1, 0.15) is 23.2 Å². The molecule has 1 aliphatic rings. The molecule has 1 aromatic carbocycles. The predicted molar refractivity (Wildman–Crippen MR) is 103 cm³/mol. The second-order valence-corrected chi connectivity index (χ2v) is 6.40. The normalized spacial score (nSPS) is 15.7. The van der Waals surface area contributed by atoms with E-state index in [1.54, 1.807) is 25.3 Å². The Hall–Kier alpha value is -1.38. The van der Waals surface area contributed by atoms with Gasteiger partial charge in [-0.1, -0.05) is 11.6 Å². The summed E-state index contributed by atoms with van der Waals surface area (Å²) in [7, 11) is 1.56. The zero-order valence-electron chi connectivity index (χ0n) is 14.7. The number of nitrogens with two attached hydrogens (primary N) is 1. The second-order valence-electron chi connectivity index (χ2n) is 5.99. The van der Waals surface area contributed by atoms with Crippen molar-refractivity contribution in [3.05, 3.63) is 28.8 Å². The second kappa shape index (κ2) is 10.7. The molecule has 0 spiro atoms. The van der Waals surface area contributed by atoms with Crippen molar-refractivity contribution in [3.8, 4) is 0 Å². The maximum atomic E-state index is 12.6. The van der Waals surface area contributed by atoms with Crippen LogP contribution in [-0.2, 0) is 14.3 Å². The van der Waals surface area contributed by atoms with E-state index in [0.29, 0.717) is 50.5 Å². The maximum absolute atomic E-state index is 12.6. The molecule has 1 aromatic rings. The van der Waals surface area contributed by atoms with Gasteiger partial charge in [0.05, 0.1) is 22.6 Å². The van der Waals surface area contributed by atoms with E-state index < -0.39 is 5.41 Å². The van der Waals surface area contributed by atoms with Gasteiger partial charge in [-0.15, -0.1) is 12.4 Å². The third-order valence-electron chi connectivity index (χ3n) is 4.39. The van der Waals surface area contributed by atoms with Crippen LogP contribution < -0.4 is 16.4 Å². The summed E-state index contributed by atoms with van der Waals surface area (Å²) in [5, 5.41) is 5.82. The largest absolute Gasteiger partial charge is 0.383 e. The third kappa shape index (κ3) is 5.56.